The summed E-state index contributed by atoms with van der Waals surface area (Å²) in [5.41, 5.74) is 0. The molecule has 0 radical (unpaired) electrons. The van der Waals surface area contributed by atoms with E-state index in [1.807, 2.05) is 0 Å². The van der Waals surface area contributed by atoms with E-state index >= 15 is 0 Å². The minimum absolute atomic E-state index is 0. The Morgan fingerprint density at radius 3 is 0.806 bits per heavy atom. The fraction of sp³-hybridized carbons (Fsp3) is 0.964. The van der Waals surface area contributed by atoms with Crippen LogP contribution >= 0.6 is 0 Å². The Bertz CT molecular complexity index is 333. The average molecular weight is 490 g/mol. The van der Waals surface area contributed by atoms with E-state index in [0.29, 0.717) is 6.42 Å². The third-order valence-electron chi connectivity index (χ3n) is 6.49. The first-order valence-corrected chi connectivity index (χ1v) is 14.0. The van der Waals surface area contributed by atoms with Gasteiger partial charge in [-0.2, -0.15) is 0 Å². The molecule has 3 heteroatoms. The zero-order valence-electron chi connectivity index (χ0n) is 21.4. The Balaban J connectivity index is 0. The van der Waals surface area contributed by atoms with E-state index in [1.54, 1.807) is 0 Å². The smallest absolute Gasteiger partial charge is 0.303 e. The normalized spacial score (nSPS) is 10.9. The zero-order valence-corrected chi connectivity index (χ0v) is 24.4. The molecule has 0 unspecified atom stereocenters. The molecule has 0 aromatic heterocycles. The molecule has 0 spiro atoms. The minimum Gasteiger partial charge on any atom is -0.481 e. The SMILES string of the molecule is CCCCCCCCCCCCCCCCCCCCCCCCCCCC(=O)O.[Zn]. The van der Waals surface area contributed by atoms with Crippen LogP contribution in [-0.2, 0) is 24.3 Å². The molecular formula is C28H56O2Zn. The molecule has 0 heterocycles. The summed E-state index contributed by atoms with van der Waals surface area (Å²) in [6.07, 6.45) is 35.0. The standard InChI is InChI=1S/C28H56O2.Zn/c1-2-3-4-5-6-7-8-9-10-11-12-13-14-15-16-17-18-19-20-21-22-23-24-25-26-27-28(29)30;/h2-27H2,1H3,(H,29,30);. The maximum absolute atomic E-state index is 10.4. The van der Waals surface area contributed by atoms with E-state index in [2.05, 4.69) is 6.92 Å². The molecular weight excluding hydrogens is 434 g/mol. The van der Waals surface area contributed by atoms with Crippen LogP contribution < -0.4 is 0 Å². The number of carbonyl (C=O) groups is 1. The zero-order chi connectivity index (χ0) is 22.0. The summed E-state index contributed by atoms with van der Waals surface area (Å²) in [5.74, 6) is -0.649. The van der Waals surface area contributed by atoms with Gasteiger partial charge in [-0.25, -0.2) is 0 Å². The molecule has 0 bridgehead atoms. The van der Waals surface area contributed by atoms with Gasteiger partial charge in [0.1, 0.15) is 0 Å². The van der Waals surface area contributed by atoms with Crippen LogP contribution in [-0.4, -0.2) is 11.1 Å². The number of unbranched alkanes of at least 4 members (excludes halogenated alkanes) is 24. The molecule has 0 rings (SSSR count). The van der Waals surface area contributed by atoms with Crippen molar-refractivity contribution in [2.75, 3.05) is 0 Å². The van der Waals surface area contributed by atoms with Crippen LogP contribution in [0, 0.1) is 0 Å². The van der Waals surface area contributed by atoms with E-state index < -0.39 is 5.97 Å². The number of aliphatic carboxylic acids is 1. The van der Waals surface area contributed by atoms with Crippen LogP contribution in [0.5, 0.6) is 0 Å². The molecule has 0 amide bonds. The van der Waals surface area contributed by atoms with Crippen LogP contribution in [0.1, 0.15) is 174 Å². The molecule has 0 saturated carbocycles. The van der Waals surface area contributed by atoms with Crippen molar-refractivity contribution >= 4 is 5.97 Å². The van der Waals surface area contributed by atoms with Crippen molar-refractivity contribution in [1.29, 1.82) is 0 Å². The van der Waals surface area contributed by atoms with Crippen molar-refractivity contribution in [1.82, 2.24) is 0 Å². The van der Waals surface area contributed by atoms with Crippen LogP contribution in [0.15, 0.2) is 0 Å². The second kappa shape index (κ2) is 30.1. The molecule has 31 heavy (non-hydrogen) atoms. The van der Waals surface area contributed by atoms with Gasteiger partial charge in [0.25, 0.3) is 0 Å². The topological polar surface area (TPSA) is 37.3 Å². The maximum atomic E-state index is 10.4. The van der Waals surface area contributed by atoms with Gasteiger partial charge >= 0.3 is 5.97 Å². The van der Waals surface area contributed by atoms with E-state index in [-0.39, 0.29) is 19.5 Å². The summed E-state index contributed by atoms with van der Waals surface area (Å²) < 4.78 is 0. The molecule has 182 valence electrons. The molecule has 0 atom stereocenters. The summed E-state index contributed by atoms with van der Waals surface area (Å²) in [6.45, 7) is 2.29. The molecule has 0 aromatic rings. The van der Waals surface area contributed by atoms with Gasteiger partial charge in [0.15, 0.2) is 0 Å². The van der Waals surface area contributed by atoms with Crippen molar-refractivity contribution in [3.63, 3.8) is 0 Å². The van der Waals surface area contributed by atoms with Crippen molar-refractivity contribution < 1.29 is 29.4 Å². The average Bonchev–Trinajstić information content (AvgIpc) is 2.73. The second-order valence-electron chi connectivity index (χ2n) is 9.63. The predicted octanol–water partition coefficient (Wildman–Crippen LogP) is 10.2. The Morgan fingerprint density at radius 2 is 0.613 bits per heavy atom. The Labute approximate surface area is 208 Å². The first-order chi connectivity index (χ1) is 14.8. The van der Waals surface area contributed by atoms with Crippen LogP contribution in [0.4, 0.5) is 0 Å². The number of carboxylic acid groups (broad SMARTS) is 1. The Morgan fingerprint density at radius 1 is 0.419 bits per heavy atom. The van der Waals surface area contributed by atoms with Crippen molar-refractivity contribution in [2.45, 2.75) is 174 Å². The van der Waals surface area contributed by atoms with E-state index in [4.69, 9.17) is 5.11 Å². The minimum atomic E-state index is -0.649. The number of rotatable bonds is 26. The van der Waals surface area contributed by atoms with Gasteiger partial charge in [-0.3, -0.25) is 4.79 Å². The predicted molar refractivity (Wildman–Crippen MR) is 133 cm³/mol. The molecule has 0 aliphatic heterocycles. The van der Waals surface area contributed by atoms with Crippen molar-refractivity contribution in [2.24, 2.45) is 0 Å². The van der Waals surface area contributed by atoms with Gasteiger partial charge < -0.3 is 5.11 Å². The van der Waals surface area contributed by atoms with E-state index in [1.165, 1.54) is 148 Å². The summed E-state index contributed by atoms with van der Waals surface area (Å²) in [4.78, 5) is 10.4. The van der Waals surface area contributed by atoms with Crippen molar-refractivity contribution in [3.05, 3.63) is 0 Å². The second-order valence-corrected chi connectivity index (χ2v) is 9.63. The van der Waals surface area contributed by atoms with Crippen LogP contribution in [0.25, 0.3) is 0 Å². The summed E-state index contributed by atoms with van der Waals surface area (Å²) in [7, 11) is 0. The van der Waals surface area contributed by atoms with Crippen molar-refractivity contribution in [3.8, 4) is 0 Å². The fourth-order valence-corrected chi connectivity index (χ4v) is 4.42. The molecule has 0 aliphatic carbocycles. The van der Waals surface area contributed by atoms with Gasteiger partial charge in [-0.05, 0) is 6.42 Å². The first kappa shape index (κ1) is 33.3. The first-order valence-electron chi connectivity index (χ1n) is 14.0. The van der Waals surface area contributed by atoms with Gasteiger partial charge in [0.05, 0.1) is 0 Å². The monoisotopic (exact) mass is 488 g/mol. The van der Waals surface area contributed by atoms with Crippen LogP contribution in [0.2, 0.25) is 0 Å². The maximum Gasteiger partial charge on any atom is 0.303 e. The molecule has 0 saturated heterocycles. The molecule has 0 fully saturated rings. The summed E-state index contributed by atoms with van der Waals surface area (Å²) >= 11 is 0. The van der Waals surface area contributed by atoms with Gasteiger partial charge in [0.2, 0.25) is 0 Å². The summed E-state index contributed by atoms with van der Waals surface area (Å²) in [5, 5.41) is 8.60. The number of carboxylic acids is 1. The molecule has 1 N–H and O–H groups in total. The largest absolute Gasteiger partial charge is 0.481 e. The molecule has 0 aliphatic rings. The van der Waals surface area contributed by atoms with Crippen LogP contribution in [0.3, 0.4) is 0 Å². The third-order valence-corrected chi connectivity index (χ3v) is 6.49. The Kier molecular flexibility index (Phi) is 32.3. The van der Waals surface area contributed by atoms with E-state index in [9.17, 15) is 4.79 Å². The van der Waals surface area contributed by atoms with E-state index in [0.717, 1.165) is 12.8 Å². The fourth-order valence-electron chi connectivity index (χ4n) is 4.42. The quantitative estimate of drug-likeness (QED) is 0.0968. The molecule has 2 nitrogen and oxygen atoms in total. The summed E-state index contributed by atoms with van der Waals surface area (Å²) in [6, 6.07) is 0. The molecule has 0 aromatic carbocycles. The van der Waals surface area contributed by atoms with Gasteiger partial charge in [-0.15, -0.1) is 0 Å². The number of hydrogen-bond donors (Lipinski definition) is 1. The number of hydrogen-bond acceptors (Lipinski definition) is 1. The Hall–Kier alpha value is 0.0934. The third kappa shape index (κ3) is 32.4. The van der Waals surface area contributed by atoms with Gasteiger partial charge in [-0.1, -0.05) is 161 Å². The van der Waals surface area contributed by atoms with Gasteiger partial charge in [0, 0.05) is 25.9 Å².